The van der Waals surface area contributed by atoms with Gasteiger partial charge in [-0.05, 0) is 31.5 Å². The van der Waals surface area contributed by atoms with Crippen LogP contribution in [0.2, 0.25) is 0 Å². The first-order valence-electron chi connectivity index (χ1n) is 6.65. The van der Waals surface area contributed by atoms with Crippen LogP contribution in [0.25, 0.3) is 0 Å². The number of fused-ring (bicyclic) bond motifs is 1. The van der Waals surface area contributed by atoms with E-state index in [1.807, 2.05) is 6.92 Å². The highest BCUT2D eigenvalue weighted by Gasteiger charge is 2.30. The predicted octanol–water partition coefficient (Wildman–Crippen LogP) is 2.37. The summed E-state index contributed by atoms with van der Waals surface area (Å²) in [5.41, 5.74) is 9.31. The van der Waals surface area contributed by atoms with Crippen LogP contribution < -0.4 is 10.6 Å². The van der Waals surface area contributed by atoms with E-state index in [0.29, 0.717) is 12.5 Å². The van der Waals surface area contributed by atoms with Crippen molar-refractivity contribution in [2.45, 2.75) is 19.3 Å². The molecule has 4 nitrogen and oxygen atoms in total. The maximum Gasteiger partial charge on any atom is 0.154 e. The van der Waals surface area contributed by atoms with Crippen LogP contribution in [0.5, 0.6) is 0 Å². The van der Waals surface area contributed by atoms with Crippen molar-refractivity contribution in [1.29, 1.82) is 0 Å². The fourth-order valence-corrected chi connectivity index (χ4v) is 2.81. The summed E-state index contributed by atoms with van der Waals surface area (Å²) in [6, 6.07) is 8.51. The Labute approximate surface area is 113 Å². The van der Waals surface area contributed by atoms with Gasteiger partial charge in [-0.2, -0.15) is 0 Å². The largest absolute Gasteiger partial charge is 0.330 e. The molecule has 0 amide bonds. The number of anilines is 2. The predicted molar refractivity (Wildman–Crippen MR) is 76.6 cm³/mol. The van der Waals surface area contributed by atoms with Crippen molar-refractivity contribution >= 4 is 11.5 Å². The van der Waals surface area contributed by atoms with Crippen LogP contribution in [0, 0.1) is 6.92 Å². The van der Waals surface area contributed by atoms with Crippen molar-refractivity contribution in [3.8, 4) is 0 Å². The zero-order valence-electron chi connectivity index (χ0n) is 11.1. The second-order valence-corrected chi connectivity index (χ2v) is 4.91. The first kappa shape index (κ1) is 12.1. The summed E-state index contributed by atoms with van der Waals surface area (Å²) in [5, 5.41) is 0. The quantitative estimate of drug-likeness (QED) is 0.913. The summed E-state index contributed by atoms with van der Waals surface area (Å²) >= 11 is 0. The number of hydrogen-bond acceptors (Lipinski definition) is 4. The molecule has 2 heterocycles. The number of rotatable bonds is 3. The van der Waals surface area contributed by atoms with Crippen LogP contribution in [0.3, 0.4) is 0 Å². The zero-order valence-corrected chi connectivity index (χ0v) is 11.1. The second-order valence-electron chi connectivity index (χ2n) is 4.91. The summed E-state index contributed by atoms with van der Waals surface area (Å²) in [7, 11) is 0. The second kappa shape index (κ2) is 4.97. The van der Waals surface area contributed by atoms with Gasteiger partial charge in [0.1, 0.15) is 0 Å². The molecule has 19 heavy (non-hydrogen) atoms. The lowest BCUT2D eigenvalue weighted by atomic mass is 9.98. The Kier molecular flexibility index (Phi) is 3.17. The first-order valence-corrected chi connectivity index (χ1v) is 6.65. The van der Waals surface area contributed by atoms with Gasteiger partial charge in [0, 0.05) is 30.5 Å². The summed E-state index contributed by atoms with van der Waals surface area (Å²) < 4.78 is 0. The number of nitrogens with two attached hydrogens (primary N) is 1. The molecule has 1 atom stereocenters. The van der Waals surface area contributed by atoms with Gasteiger partial charge >= 0.3 is 0 Å². The fourth-order valence-electron chi connectivity index (χ4n) is 2.81. The summed E-state index contributed by atoms with van der Waals surface area (Å²) in [6.07, 6.45) is 4.49. The maximum absolute atomic E-state index is 5.73. The molecule has 0 radical (unpaired) electrons. The van der Waals surface area contributed by atoms with E-state index < -0.39 is 0 Å². The van der Waals surface area contributed by atoms with E-state index in [9.17, 15) is 0 Å². The summed E-state index contributed by atoms with van der Waals surface area (Å²) in [5.74, 6) is 1.44. The van der Waals surface area contributed by atoms with Crippen molar-refractivity contribution in [3.05, 3.63) is 47.9 Å². The minimum Gasteiger partial charge on any atom is -0.330 e. The molecule has 2 N–H and O–H groups in total. The van der Waals surface area contributed by atoms with E-state index in [0.717, 1.165) is 24.5 Å². The number of para-hydroxylation sites is 1. The highest BCUT2D eigenvalue weighted by Crippen LogP contribution is 2.41. The molecule has 1 aromatic carbocycles. The van der Waals surface area contributed by atoms with E-state index in [1.54, 1.807) is 12.4 Å². The van der Waals surface area contributed by atoms with E-state index in [1.165, 1.54) is 11.3 Å². The zero-order chi connectivity index (χ0) is 13.2. The summed E-state index contributed by atoms with van der Waals surface area (Å²) in [4.78, 5) is 11.1. The molecule has 0 saturated carbocycles. The van der Waals surface area contributed by atoms with Crippen LogP contribution >= 0.6 is 0 Å². The molecule has 1 unspecified atom stereocenters. The Morgan fingerprint density at radius 3 is 2.84 bits per heavy atom. The molecule has 0 saturated heterocycles. The van der Waals surface area contributed by atoms with Crippen molar-refractivity contribution in [3.63, 3.8) is 0 Å². The monoisotopic (exact) mass is 254 g/mol. The molecule has 2 aromatic rings. The summed E-state index contributed by atoms with van der Waals surface area (Å²) in [6.45, 7) is 3.66. The van der Waals surface area contributed by atoms with Crippen molar-refractivity contribution < 1.29 is 0 Å². The van der Waals surface area contributed by atoms with E-state index >= 15 is 0 Å². The number of benzene rings is 1. The lowest BCUT2D eigenvalue weighted by Gasteiger charge is -2.20. The molecule has 3 rings (SSSR count). The standard InChI is InChI=1S/C15H18N4/c1-11-15(18-9-8-17-11)19-10-12(6-7-16)13-4-2-3-5-14(13)19/h2-5,8-9,12H,6-7,10,16H2,1H3. The van der Waals surface area contributed by atoms with Gasteiger partial charge in [-0.1, -0.05) is 18.2 Å². The molecule has 1 aromatic heterocycles. The molecule has 98 valence electrons. The van der Waals surface area contributed by atoms with Crippen molar-refractivity contribution in [1.82, 2.24) is 9.97 Å². The van der Waals surface area contributed by atoms with Crippen LogP contribution in [0.4, 0.5) is 11.5 Å². The maximum atomic E-state index is 5.73. The van der Waals surface area contributed by atoms with E-state index in [2.05, 4.69) is 39.1 Å². The van der Waals surface area contributed by atoms with Gasteiger partial charge in [0.15, 0.2) is 5.82 Å². The molecule has 1 aliphatic rings. The highest BCUT2D eigenvalue weighted by molar-refractivity contribution is 5.70. The van der Waals surface area contributed by atoms with E-state index in [4.69, 9.17) is 5.73 Å². The van der Waals surface area contributed by atoms with Gasteiger partial charge in [-0.3, -0.25) is 4.98 Å². The third-order valence-corrected chi connectivity index (χ3v) is 3.70. The Hall–Kier alpha value is -1.94. The number of nitrogens with zero attached hydrogens (tertiary/aromatic N) is 3. The molecule has 0 spiro atoms. The van der Waals surface area contributed by atoms with Crippen LogP contribution in [0.1, 0.15) is 23.6 Å². The molecule has 0 fully saturated rings. The smallest absolute Gasteiger partial charge is 0.154 e. The van der Waals surface area contributed by atoms with Crippen LogP contribution in [-0.2, 0) is 0 Å². The topological polar surface area (TPSA) is 55.0 Å². The third-order valence-electron chi connectivity index (χ3n) is 3.70. The van der Waals surface area contributed by atoms with Gasteiger partial charge in [0.05, 0.1) is 5.69 Å². The normalized spacial score (nSPS) is 17.6. The van der Waals surface area contributed by atoms with Crippen molar-refractivity contribution in [2.75, 3.05) is 18.0 Å². The van der Waals surface area contributed by atoms with Crippen molar-refractivity contribution in [2.24, 2.45) is 5.73 Å². The number of aryl methyl sites for hydroxylation is 1. The number of hydrogen-bond donors (Lipinski definition) is 1. The van der Waals surface area contributed by atoms with Crippen LogP contribution in [-0.4, -0.2) is 23.1 Å². The van der Waals surface area contributed by atoms with Gasteiger partial charge < -0.3 is 10.6 Å². The Morgan fingerprint density at radius 1 is 1.26 bits per heavy atom. The Balaban J connectivity index is 2.03. The minimum atomic E-state index is 0.489. The van der Waals surface area contributed by atoms with Gasteiger partial charge in [0.25, 0.3) is 0 Å². The lowest BCUT2D eigenvalue weighted by molar-refractivity contribution is 0.666. The van der Waals surface area contributed by atoms with Crippen LogP contribution in [0.15, 0.2) is 36.7 Å². The first-order chi connectivity index (χ1) is 9.31. The van der Waals surface area contributed by atoms with Gasteiger partial charge in [-0.25, -0.2) is 4.98 Å². The molecule has 1 aliphatic heterocycles. The third kappa shape index (κ3) is 2.08. The average molecular weight is 254 g/mol. The number of aromatic nitrogens is 2. The van der Waals surface area contributed by atoms with E-state index in [-0.39, 0.29) is 0 Å². The minimum absolute atomic E-state index is 0.489. The highest BCUT2D eigenvalue weighted by atomic mass is 15.2. The Bertz CT molecular complexity index is 582. The SMILES string of the molecule is Cc1nccnc1N1CC(CCN)c2ccccc21. The molecule has 0 aliphatic carbocycles. The molecular formula is C15H18N4. The molecular weight excluding hydrogens is 236 g/mol. The molecule has 4 heteroatoms. The Morgan fingerprint density at radius 2 is 2.05 bits per heavy atom. The van der Waals surface area contributed by atoms with Gasteiger partial charge in [-0.15, -0.1) is 0 Å². The van der Waals surface area contributed by atoms with Gasteiger partial charge in [0.2, 0.25) is 0 Å². The molecule has 0 bridgehead atoms. The lowest BCUT2D eigenvalue weighted by Crippen LogP contribution is -2.19. The average Bonchev–Trinajstić information content (AvgIpc) is 2.79. The fraction of sp³-hybridized carbons (Fsp3) is 0.333.